The van der Waals surface area contributed by atoms with Crippen molar-refractivity contribution in [2.45, 2.75) is 49.6 Å². The van der Waals surface area contributed by atoms with Crippen molar-refractivity contribution >= 4 is 17.8 Å². The van der Waals surface area contributed by atoms with Gasteiger partial charge in [0.1, 0.15) is 11.5 Å². The van der Waals surface area contributed by atoms with Gasteiger partial charge in [0.05, 0.1) is 12.2 Å². The topological polar surface area (TPSA) is 29.5 Å². The van der Waals surface area contributed by atoms with Crippen LogP contribution < -0.4 is 4.74 Å². The Hall–Kier alpha value is -2.86. The third-order valence-corrected chi connectivity index (χ3v) is 7.17. The van der Waals surface area contributed by atoms with Gasteiger partial charge in [0, 0.05) is 10.5 Å². The van der Waals surface area contributed by atoms with Gasteiger partial charge in [-0.2, -0.15) is 13.2 Å². The maximum absolute atomic E-state index is 12.6. The number of unbranched alkanes of at least 4 members (excludes halogenated alkanes) is 2. The molecule has 3 aromatic carbocycles. The van der Waals surface area contributed by atoms with Gasteiger partial charge in [-0.25, -0.2) is 0 Å². The van der Waals surface area contributed by atoms with Crippen LogP contribution in [0.2, 0.25) is 0 Å². The van der Waals surface area contributed by atoms with E-state index < -0.39 is 11.7 Å². The number of allylic oxidation sites excluding steroid dienone is 1. The summed E-state index contributed by atoms with van der Waals surface area (Å²) in [5.74, 6) is 1.97. The maximum atomic E-state index is 12.6. The second kappa shape index (κ2) is 11.7. The van der Waals surface area contributed by atoms with Gasteiger partial charge in [0.15, 0.2) is 0 Å². The number of rotatable bonds is 9. The average molecular weight is 499 g/mol. The standard InChI is InChI=1S/C29H29F3O2S/c30-29(31,32)23-12-16-25(17-13-23)35-20-6-2-5-19-34-24-14-9-22(10-15-24)28-26-8-4-1-3-7-21(26)11-18-27(28)33/h3,7,9-18,33H,1-2,4-6,8,19-20H2. The number of thioether (sulfide) groups is 1. The smallest absolute Gasteiger partial charge is 0.416 e. The molecule has 0 aromatic heterocycles. The van der Waals surface area contributed by atoms with E-state index in [1.54, 1.807) is 17.8 Å². The fourth-order valence-corrected chi connectivity index (χ4v) is 5.14. The fraction of sp³-hybridized carbons (Fsp3) is 0.310. The minimum absolute atomic E-state index is 0.307. The first-order valence-corrected chi connectivity index (χ1v) is 12.9. The van der Waals surface area contributed by atoms with Crippen LogP contribution in [0.3, 0.4) is 0 Å². The van der Waals surface area contributed by atoms with Crippen molar-refractivity contribution in [1.29, 1.82) is 0 Å². The molecule has 184 valence electrons. The molecule has 0 heterocycles. The minimum atomic E-state index is -4.29. The number of halogens is 3. The normalized spacial score (nSPS) is 13.3. The van der Waals surface area contributed by atoms with Crippen molar-refractivity contribution in [3.05, 3.63) is 83.4 Å². The van der Waals surface area contributed by atoms with Crippen molar-refractivity contribution in [2.24, 2.45) is 0 Å². The summed E-state index contributed by atoms with van der Waals surface area (Å²) in [7, 11) is 0. The zero-order chi connectivity index (χ0) is 24.7. The van der Waals surface area contributed by atoms with E-state index in [0.717, 1.165) is 78.2 Å². The Balaban J connectivity index is 1.21. The number of fused-ring (bicyclic) bond motifs is 1. The minimum Gasteiger partial charge on any atom is -0.507 e. The quantitative estimate of drug-likeness (QED) is 0.236. The molecule has 0 radical (unpaired) electrons. The van der Waals surface area contributed by atoms with Gasteiger partial charge in [-0.3, -0.25) is 0 Å². The summed E-state index contributed by atoms with van der Waals surface area (Å²) in [6, 6.07) is 17.0. The monoisotopic (exact) mass is 498 g/mol. The Morgan fingerprint density at radius 2 is 1.66 bits per heavy atom. The van der Waals surface area contributed by atoms with Crippen LogP contribution in [0.1, 0.15) is 48.8 Å². The molecule has 35 heavy (non-hydrogen) atoms. The third kappa shape index (κ3) is 6.85. The summed E-state index contributed by atoms with van der Waals surface area (Å²) in [5.41, 5.74) is 3.65. The van der Waals surface area contributed by atoms with Gasteiger partial charge < -0.3 is 9.84 Å². The highest BCUT2D eigenvalue weighted by atomic mass is 32.2. The van der Waals surface area contributed by atoms with Crippen LogP contribution in [-0.4, -0.2) is 17.5 Å². The van der Waals surface area contributed by atoms with Crippen molar-refractivity contribution in [3.63, 3.8) is 0 Å². The number of benzene rings is 3. The molecule has 0 amide bonds. The lowest BCUT2D eigenvalue weighted by Crippen LogP contribution is -2.03. The molecule has 2 nitrogen and oxygen atoms in total. The molecule has 0 aliphatic heterocycles. The third-order valence-electron chi connectivity index (χ3n) is 6.07. The van der Waals surface area contributed by atoms with Gasteiger partial charge in [0.25, 0.3) is 0 Å². The van der Waals surface area contributed by atoms with Gasteiger partial charge in [0.2, 0.25) is 0 Å². The predicted octanol–water partition coefficient (Wildman–Crippen LogP) is 8.77. The van der Waals surface area contributed by atoms with E-state index >= 15 is 0 Å². The molecule has 0 fully saturated rings. The molecule has 1 N–H and O–H groups in total. The van der Waals surface area contributed by atoms with Gasteiger partial charge in [-0.15, -0.1) is 11.8 Å². The van der Waals surface area contributed by atoms with Crippen molar-refractivity contribution < 1.29 is 23.0 Å². The van der Waals surface area contributed by atoms with Crippen LogP contribution in [0.25, 0.3) is 17.2 Å². The van der Waals surface area contributed by atoms with E-state index in [9.17, 15) is 18.3 Å². The van der Waals surface area contributed by atoms with E-state index in [1.807, 2.05) is 30.3 Å². The Kier molecular flexibility index (Phi) is 8.45. The summed E-state index contributed by atoms with van der Waals surface area (Å²) in [5, 5.41) is 10.5. The number of hydrogen-bond acceptors (Lipinski definition) is 3. The molecule has 6 heteroatoms. The van der Waals surface area contributed by atoms with E-state index in [2.05, 4.69) is 12.2 Å². The van der Waals surface area contributed by atoms with Crippen LogP contribution in [0.4, 0.5) is 13.2 Å². The summed E-state index contributed by atoms with van der Waals surface area (Å²) >= 11 is 1.57. The summed E-state index contributed by atoms with van der Waals surface area (Å²) < 4.78 is 43.8. The highest BCUT2D eigenvalue weighted by Gasteiger charge is 2.29. The summed E-state index contributed by atoms with van der Waals surface area (Å²) in [6.07, 6.45) is 5.99. The molecule has 3 aromatic rings. The molecule has 4 rings (SSSR count). The molecule has 0 saturated heterocycles. The number of ether oxygens (including phenoxy) is 1. The molecule has 1 aliphatic rings. The Morgan fingerprint density at radius 3 is 2.40 bits per heavy atom. The first-order chi connectivity index (χ1) is 16.9. The molecule has 0 bridgehead atoms. The molecule has 0 atom stereocenters. The lowest BCUT2D eigenvalue weighted by atomic mass is 9.92. The van der Waals surface area contributed by atoms with Crippen LogP contribution in [-0.2, 0) is 12.6 Å². The molecular formula is C29H29F3O2S. The Labute approximate surface area is 208 Å². The first kappa shape index (κ1) is 25.2. The zero-order valence-corrected chi connectivity index (χ0v) is 20.3. The van der Waals surface area contributed by atoms with E-state index in [0.29, 0.717) is 12.4 Å². The maximum Gasteiger partial charge on any atom is 0.416 e. The lowest BCUT2D eigenvalue weighted by molar-refractivity contribution is -0.137. The lowest BCUT2D eigenvalue weighted by Gasteiger charge is -2.14. The molecule has 0 unspecified atom stereocenters. The van der Waals surface area contributed by atoms with Crippen LogP contribution in [0.5, 0.6) is 11.5 Å². The molecule has 0 spiro atoms. The SMILES string of the molecule is Oc1ccc2c(c1-c1ccc(OCCCCCSc3ccc(C(F)(F)F)cc3)cc1)CCCC=C2. The van der Waals surface area contributed by atoms with E-state index in [1.165, 1.54) is 23.3 Å². The number of aromatic hydroxyl groups is 1. The van der Waals surface area contributed by atoms with Crippen molar-refractivity contribution in [1.82, 2.24) is 0 Å². The fourth-order valence-electron chi connectivity index (χ4n) is 4.23. The summed E-state index contributed by atoms with van der Waals surface area (Å²) in [6.45, 7) is 0.612. The largest absolute Gasteiger partial charge is 0.507 e. The number of alkyl halides is 3. The second-order valence-electron chi connectivity index (χ2n) is 8.63. The Morgan fingerprint density at radius 1 is 0.886 bits per heavy atom. The number of phenols is 1. The zero-order valence-electron chi connectivity index (χ0n) is 19.5. The van der Waals surface area contributed by atoms with Gasteiger partial charge in [-0.1, -0.05) is 30.4 Å². The average Bonchev–Trinajstić information content (AvgIpc) is 3.09. The molecule has 0 saturated carbocycles. The highest BCUT2D eigenvalue weighted by molar-refractivity contribution is 7.99. The summed E-state index contributed by atoms with van der Waals surface area (Å²) in [4.78, 5) is 0.853. The molecular weight excluding hydrogens is 469 g/mol. The van der Waals surface area contributed by atoms with Crippen LogP contribution in [0.15, 0.2) is 71.6 Å². The van der Waals surface area contributed by atoms with Gasteiger partial charge >= 0.3 is 6.18 Å². The van der Waals surface area contributed by atoms with Crippen LogP contribution >= 0.6 is 11.8 Å². The van der Waals surface area contributed by atoms with E-state index in [4.69, 9.17) is 4.74 Å². The van der Waals surface area contributed by atoms with Gasteiger partial charge in [-0.05, 0) is 103 Å². The molecule has 1 aliphatic carbocycles. The van der Waals surface area contributed by atoms with Crippen LogP contribution in [0, 0.1) is 0 Å². The number of phenolic OH excluding ortho intramolecular Hbond substituents is 1. The van der Waals surface area contributed by atoms with Crippen molar-refractivity contribution in [3.8, 4) is 22.6 Å². The predicted molar refractivity (Wildman–Crippen MR) is 137 cm³/mol. The highest BCUT2D eigenvalue weighted by Crippen LogP contribution is 2.38. The number of hydrogen-bond donors (Lipinski definition) is 1. The second-order valence-corrected chi connectivity index (χ2v) is 9.79. The first-order valence-electron chi connectivity index (χ1n) is 12.0. The van der Waals surface area contributed by atoms with Crippen molar-refractivity contribution in [2.75, 3.05) is 12.4 Å². The van der Waals surface area contributed by atoms with E-state index in [-0.39, 0.29) is 0 Å². The Bertz CT molecular complexity index is 1140.